The number of aromatic nitrogens is 5. The number of phenols is 1. The normalized spacial score (nSPS) is 30.1. The van der Waals surface area contributed by atoms with E-state index in [2.05, 4.69) is 20.3 Å². The molecule has 4 saturated carbocycles. The molecule has 0 saturated heterocycles. The van der Waals surface area contributed by atoms with Gasteiger partial charge in [-0.25, -0.2) is 4.98 Å². The van der Waals surface area contributed by atoms with Crippen LogP contribution in [-0.4, -0.2) is 42.6 Å². The Bertz CT molecular complexity index is 994. The standard InChI is InChI=1S/C22H26N6O/c29-18-3-1-14(2-4-18)5-6-28(21-23-13-19-20(24-21)26-27-25-19)22-10-15-7-16(11-22)9-17(8-15)12-22/h1-4,13,15-17,29H,5-12H2,(H,23,24,25,26,27). The van der Waals surface area contributed by atoms with Crippen molar-refractivity contribution in [1.29, 1.82) is 0 Å². The Morgan fingerprint density at radius 2 is 1.69 bits per heavy atom. The Labute approximate surface area is 169 Å². The van der Waals surface area contributed by atoms with Crippen LogP contribution < -0.4 is 4.90 Å². The third kappa shape index (κ3) is 2.94. The highest BCUT2D eigenvalue weighted by Gasteiger charge is 2.54. The SMILES string of the molecule is Oc1ccc(CCN(c2ncc3n[nH]nc3n2)C23CC4CC(CC(C4)C2)C3)cc1. The summed E-state index contributed by atoms with van der Waals surface area (Å²) in [7, 11) is 0. The predicted molar refractivity (Wildman–Crippen MR) is 110 cm³/mol. The van der Waals surface area contributed by atoms with Gasteiger partial charge < -0.3 is 10.0 Å². The van der Waals surface area contributed by atoms with Crippen molar-refractivity contribution < 1.29 is 5.11 Å². The van der Waals surface area contributed by atoms with Gasteiger partial charge in [0, 0.05) is 12.1 Å². The van der Waals surface area contributed by atoms with E-state index < -0.39 is 0 Å². The molecule has 0 atom stereocenters. The van der Waals surface area contributed by atoms with Crippen molar-refractivity contribution in [2.45, 2.75) is 50.5 Å². The molecule has 7 nitrogen and oxygen atoms in total. The van der Waals surface area contributed by atoms with Crippen molar-refractivity contribution >= 4 is 17.1 Å². The van der Waals surface area contributed by atoms with Gasteiger partial charge in [0.1, 0.15) is 11.3 Å². The third-order valence-corrected chi connectivity index (χ3v) is 7.44. The number of H-pyrrole nitrogens is 1. The number of hydrogen-bond donors (Lipinski definition) is 2. The number of nitrogens with zero attached hydrogens (tertiary/aromatic N) is 5. The molecule has 0 spiro atoms. The van der Waals surface area contributed by atoms with Gasteiger partial charge in [-0.2, -0.15) is 15.3 Å². The minimum atomic E-state index is 0.170. The van der Waals surface area contributed by atoms with Gasteiger partial charge in [0.2, 0.25) is 11.6 Å². The lowest BCUT2D eigenvalue weighted by atomic mass is 9.52. The van der Waals surface area contributed by atoms with E-state index >= 15 is 0 Å². The molecule has 0 aliphatic heterocycles. The van der Waals surface area contributed by atoms with E-state index in [1.807, 2.05) is 12.1 Å². The van der Waals surface area contributed by atoms with Gasteiger partial charge in [0.15, 0.2) is 0 Å². The van der Waals surface area contributed by atoms with E-state index in [1.54, 1.807) is 18.3 Å². The number of hydrogen-bond acceptors (Lipinski definition) is 6. The van der Waals surface area contributed by atoms with E-state index in [-0.39, 0.29) is 5.54 Å². The monoisotopic (exact) mass is 390 g/mol. The maximum Gasteiger partial charge on any atom is 0.228 e. The lowest BCUT2D eigenvalue weighted by molar-refractivity contribution is -0.00486. The largest absolute Gasteiger partial charge is 0.508 e. The minimum absolute atomic E-state index is 0.170. The highest BCUT2D eigenvalue weighted by molar-refractivity contribution is 5.69. The number of aromatic amines is 1. The Kier molecular flexibility index (Phi) is 3.79. The Hall–Kier alpha value is -2.70. The van der Waals surface area contributed by atoms with Crippen LogP contribution in [0.1, 0.15) is 44.1 Å². The highest BCUT2D eigenvalue weighted by atomic mass is 16.3. The zero-order valence-electron chi connectivity index (χ0n) is 16.5. The molecule has 1 aromatic carbocycles. The fourth-order valence-corrected chi connectivity index (χ4v) is 6.62. The fraction of sp³-hybridized carbons (Fsp3) is 0.545. The summed E-state index contributed by atoms with van der Waals surface area (Å²) in [5.74, 6) is 3.66. The van der Waals surface area contributed by atoms with Gasteiger partial charge in [-0.15, -0.1) is 5.10 Å². The zero-order chi connectivity index (χ0) is 19.4. The molecule has 0 unspecified atom stereocenters. The van der Waals surface area contributed by atoms with E-state index in [9.17, 15) is 5.11 Å². The van der Waals surface area contributed by atoms with Crippen LogP contribution >= 0.6 is 0 Å². The molecule has 150 valence electrons. The molecule has 4 aliphatic rings. The molecule has 4 aliphatic carbocycles. The molecular formula is C22H26N6O. The average molecular weight is 390 g/mol. The molecule has 4 bridgehead atoms. The summed E-state index contributed by atoms with van der Waals surface area (Å²) in [5.41, 5.74) is 2.73. The van der Waals surface area contributed by atoms with Gasteiger partial charge in [0.05, 0.1) is 6.20 Å². The predicted octanol–water partition coefficient (Wildman–Crippen LogP) is 3.47. The van der Waals surface area contributed by atoms with Crippen LogP contribution in [0, 0.1) is 17.8 Å². The number of phenolic OH excluding ortho intramolecular Hbond substituents is 1. The van der Waals surface area contributed by atoms with E-state index in [4.69, 9.17) is 9.97 Å². The van der Waals surface area contributed by atoms with Gasteiger partial charge in [-0.05, 0) is 80.4 Å². The first-order valence-electron chi connectivity index (χ1n) is 10.8. The Morgan fingerprint density at radius 1 is 1.00 bits per heavy atom. The molecule has 29 heavy (non-hydrogen) atoms. The summed E-state index contributed by atoms with van der Waals surface area (Å²) in [6.07, 6.45) is 10.7. The Morgan fingerprint density at radius 3 is 2.38 bits per heavy atom. The molecule has 2 N–H and O–H groups in total. The van der Waals surface area contributed by atoms with Crippen LogP contribution in [0.2, 0.25) is 0 Å². The topological polar surface area (TPSA) is 90.8 Å². The lowest BCUT2D eigenvalue weighted by Crippen LogP contribution is -2.61. The van der Waals surface area contributed by atoms with Crippen molar-refractivity contribution in [2.24, 2.45) is 17.8 Å². The smallest absolute Gasteiger partial charge is 0.228 e. The minimum Gasteiger partial charge on any atom is -0.508 e. The van der Waals surface area contributed by atoms with Crippen LogP contribution in [0.4, 0.5) is 5.95 Å². The van der Waals surface area contributed by atoms with Crippen LogP contribution in [0.25, 0.3) is 11.2 Å². The maximum atomic E-state index is 9.60. The number of benzene rings is 1. The molecule has 2 heterocycles. The molecule has 7 heteroatoms. The third-order valence-electron chi connectivity index (χ3n) is 7.44. The first-order chi connectivity index (χ1) is 14.2. The van der Waals surface area contributed by atoms with Gasteiger partial charge in [-0.1, -0.05) is 12.1 Å². The molecule has 7 rings (SSSR count). The molecular weight excluding hydrogens is 364 g/mol. The second-order valence-corrected chi connectivity index (χ2v) is 9.41. The van der Waals surface area contributed by atoms with Crippen molar-refractivity contribution in [3.05, 3.63) is 36.0 Å². The summed E-state index contributed by atoms with van der Waals surface area (Å²) in [5, 5.41) is 20.6. The van der Waals surface area contributed by atoms with Crippen LogP contribution in [0.3, 0.4) is 0 Å². The first-order valence-corrected chi connectivity index (χ1v) is 10.8. The Balaban J connectivity index is 1.36. The number of anilines is 1. The quantitative estimate of drug-likeness (QED) is 0.693. The van der Waals surface area contributed by atoms with Crippen LogP contribution in [-0.2, 0) is 6.42 Å². The van der Waals surface area contributed by atoms with Crippen molar-refractivity contribution in [1.82, 2.24) is 25.4 Å². The average Bonchev–Trinajstić information content (AvgIpc) is 3.16. The maximum absolute atomic E-state index is 9.60. The summed E-state index contributed by atoms with van der Waals surface area (Å²) >= 11 is 0. The molecule has 4 fully saturated rings. The van der Waals surface area contributed by atoms with E-state index in [0.29, 0.717) is 16.9 Å². The van der Waals surface area contributed by atoms with Gasteiger partial charge in [-0.3, -0.25) is 0 Å². The van der Waals surface area contributed by atoms with Crippen molar-refractivity contribution in [3.63, 3.8) is 0 Å². The number of nitrogens with one attached hydrogen (secondary N) is 1. The highest BCUT2D eigenvalue weighted by Crippen LogP contribution is 2.58. The van der Waals surface area contributed by atoms with Crippen molar-refractivity contribution in [2.75, 3.05) is 11.4 Å². The van der Waals surface area contributed by atoms with Gasteiger partial charge >= 0.3 is 0 Å². The zero-order valence-corrected chi connectivity index (χ0v) is 16.5. The van der Waals surface area contributed by atoms with E-state index in [0.717, 1.165) is 36.7 Å². The van der Waals surface area contributed by atoms with Gasteiger partial charge in [0.25, 0.3) is 0 Å². The summed E-state index contributed by atoms with van der Waals surface area (Å²) in [6, 6.07) is 7.55. The number of fused-ring (bicyclic) bond motifs is 1. The second-order valence-electron chi connectivity index (χ2n) is 9.41. The summed E-state index contributed by atoms with van der Waals surface area (Å²) in [6.45, 7) is 0.875. The lowest BCUT2D eigenvalue weighted by Gasteiger charge is -2.60. The summed E-state index contributed by atoms with van der Waals surface area (Å²) < 4.78 is 0. The fourth-order valence-electron chi connectivity index (χ4n) is 6.62. The summed E-state index contributed by atoms with van der Waals surface area (Å²) in [4.78, 5) is 12.0. The van der Waals surface area contributed by atoms with Crippen molar-refractivity contribution in [3.8, 4) is 5.75 Å². The number of rotatable bonds is 5. The van der Waals surface area contributed by atoms with Crippen LogP contribution in [0.15, 0.2) is 30.5 Å². The number of aromatic hydroxyl groups is 1. The van der Waals surface area contributed by atoms with E-state index in [1.165, 1.54) is 44.1 Å². The molecule has 0 radical (unpaired) electrons. The molecule has 0 amide bonds. The molecule has 3 aromatic rings. The van der Waals surface area contributed by atoms with Crippen LogP contribution in [0.5, 0.6) is 5.75 Å². The second kappa shape index (κ2) is 6.40. The first kappa shape index (κ1) is 17.2. The molecule has 2 aromatic heterocycles.